The topological polar surface area (TPSA) is 43.3 Å². The lowest BCUT2D eigenvalue weighted by molar-refractivity contribution is 0.0972. The number of fused-ring (bicyclic) bond motifs is 1. The summed E-state index contributed by atoms with van der Waals surface area (Å²) in [5.74, 6) is 1.16. The van der Waals surface area contributed by atoms with Gasteiger partial charge in [0, 0.05) is 42.1 Å². The standard InChI is InChI=1S/C19H22N2O2/c22-19-3-1-2-18-17(19)10-12-21(18)15-6-8-16(9-7-15)23-13-11-20-14-4-5-14/h6-10,12,14,20H,1-5,11,13H2. The number of rotatable bonds is 6. The SMILES string of the molecule is O=C1CCCc2c1ccn2-c1ccc(OCCNC2CC2)cc1. The van der Waals surface area contributed by atoms with Crippen molar-refractivity contribution in [3.63, 3.8) is 0 Å². The van der Waals surface area contributed by atoms with Gasteiger partial charge in [-0.3, -0.25) is 4.79 Å². The number of nitrogens with zero attached hydrogens (tertiary/aromatic N) is 1. The Balaban J connectivity index is 1.42. The Kier molecular flexibility index (Phi) is 3.92. The Hall–Kier alpha value is -2.07. The highest BCUT2D eigenvalue weighted by molar-refractivity contribution is 5.98. The molecule has 2 aliphatic rings. The van der Waals surface area contributed by atoms with Crippen LogP contribution in [0.4, 0.5) is 0 Å². The smallest absolute Gasteiger partial charge is 0.164 e. The molecule has 4 heteroatoms. The zero-order valence-electron chi connectivity index (χ0n) is 13.3. The van der Waals surface area contributed by atoms with Crippen molar-refractivity contribution in [2.24, 2.45) is 0 Å². The summed E-state index contributed by atoms with van der Waals surface area (Å²) in [6.45, 7) is 1.60. The number of carbonyl (C=O) groups excluding carboxylic acids is 1. The van der Waals surface area contributed by atoms with Crippen LogP contribution in [0.1, 0.15) is 41.7 Å². The Morgan fingerprint density at radius 2 is 1.96 bits per heavy atom. The minimum Gasteiger partial charge on any atom is -0.492 e. The molecule has 0 bridgehead atoms. The number of hydrogen-bond donors (Lipinski definition) is 1. The Morgan fingerprint density at radius 3 is 2.74 bits per heavy atom. The summed E-state index contributed by atoms with van der Waals surface area (Å²) >= 11 is 0. The van der Waals surface area contributed by atoms with E-state index in [1.165, 1.54) is 12.8 Å². The fraction of sp³-hybridized carbons (Fsp3) is 0.421. The van der Waals surface area contributed by atoms with E-state index in [4.69, 9.17) is 4.74 Å². The number of carbonyl (C=O) groups is 1. The Bertz CT molecular complexity index is 699. The lowest BCUT2D eigenvalue weighted by Gasteiger charge is -2.15. The van der Waals surface area contributed by atoms with Crippen molar-refractivity contribution in [1.29, 1.82) is 0 Å². The summed E-state index contributed by atoms with van der Waals surface area (Å²) in [6.07, 6.45) is 7.21. The number of nitrogens with one attached hydrogen (secondary N) is 1. The van der Waals surface area contributed by atoms with Crippen LogP contribution in [0.2, 0.25) is 0 Å². The molecule has 0 saturated heterocycles. The van der Waals surface area contributed by atoms with E-state index in [0.29, 0.717) is 13.0 Å². The fourth-order valence-corrected chi connectivity index (χ4v) is 3.19. The second-order valence-corrected chi connectivity index (χ2v) is 6.39. The van der Waals surface area contributed by atoms with Gasteiger partial charge in [-0.2, -0.15) is 0 Å². The third-order valence-electron chi connectivity index (χ3n) is 4.61. The molecule has 0 radical (unpaired) electrons. The zero-order valence-corrected chi connectivity index (χ0v) is 13.3. The third kappa shape index (κ3) is 3.17. The molecule has 0 amide bonds. The molecule has 0 unspecified atom stereocenters. The molecule has 23 heavy (non-hydrogen) atoms. The van der Waals surface area contributed by atoms with E-state index in [-0.39, 0.29) is 5.78 Å². The van der Waals surface area contributed by atoms with Gasteiger partial charge in [0.25, 0.3) is 0 Å². The number of ketones is 1. The van der Waals surface area contributed by atoms with Crippen molar-refractivity contribution < 1.29 is 9.53 Å². The molecule has 2 aromatic rings. The van der Waals surface area contributed by atoms with Gasteiger partial charge in [-0.1, -0.05) is 0 Å². The third-order valence-corrected chi connectivity index (χ3v) is 4.61. The van der Waals surface area contributed by atoms with E-state index < -0.39 is 0 Å². The van der Waals surface area contributed by atoms with Crippen LogP contribution in [-0.4, -0.2) is 29.5 Å². The van der Waals surface area contributed by atoms with Crippen molar-refractivity contribution in [1.82, 2.24) is 9.88 Å². The number of Topliss-reactive ketones (excluding diaryl/α,β-unsaturated/α-hetero) is 1. The van der Waals surface area contributed by atoms with Crippen molar-refractivity contribution in [3.8, 4) is 11.4 Å². The highest BCUT2D eigenvalue weighted by Crippen LogP contribution is 2.26. The van der Waals surface area contributed by atoms with E-state index >= 15 is 0 Å². The largest absolute Gasteiger partial charge is 0.492 e. The molecule has 2 aliphatic carbocycles. The molecule has 1 aromatic carbocycles. The number of hydrogen-bond acceptors (Lipinski definition) is 3. The first-order valence-electron chi connectivity index (χ1n) is 8.51. The minimum atomic E-state index is 0.271. The van der Waals surface area contributed by atoms with Gasteiger partial charge in [-0.15, -0.1) is 0 Å². The number of benzene rings is 1. The molecule has 1 saturated carbocycles. The maximum Gasteiger partial charge on any atom is 0.164 e. The molecule has 1 N–H and O–H groups in total. The maximum atomic E-state index is 11.9. The molecular weight excluding hydrogens is 288 g/mol. The zero-order chi connectivity index (χ0) is 15.6. The van der Waals surface area contributed by atoms with Crippen molar-refractivity contribution >= 4 is 5.78 Å². The van der Waals surface area contributed by atoms with Gasteiger partial charge in [0.05, 0.1) is 0 Å². The summed E-state index contributed by atoms with van der Waals surface area (Å²) in [7, 11) is 0. The number of aromatic nitrogens is 1. The molecule has 120 valence electrons. The van der Waals surface area contributed by atoms with Crippen LogP contribution in [0.15, 0.2) is 36.5 Å². The molecule has 4 rings (SSSR count). The van der Waals surface area contributed by atoms with Crippen LogP contribution in [-0.2, 0) is 6.42 Å². The second kappa shape index (κ2) is 6.20. The van der Waals surface area contributed by atoms with Gasteiger partial charge in [0.15, 0.2) is 5.78 Å². The Labute approximate surface area is 136 Å². The second-order valence-electron chi connectivity index (χ2n) is 6.39. The predicted octanol–water partition coefficient (Wildman–Crippen LogP) is 3.13. The van der Waals surface area contributed by atoms with E-state index in [1.54, 1.807) is 0 Å². The average Bonchev–Trinajstić information content (AvgIpc) is 3.30. The van der Waals surface area contributed by atoms with E-state index in [9.17, 15) is 4.79 Å². The predicted molar refractivity (Wildman–Crippen MR) is 89.6 cm³/mol. The van der Waals surface area contributed by atoms with Crippen LogP contribution in [0.3, 0.4) is 0 Å². The molecule has 1 fully saturated rings. The molecule has 4 nitrogen and oxygen atoms in total. The van der Waals surface area contributed by atoms with Crippen LogP contribution in [0, 0.1) is 0 Å². The van der Waals surface area contributed by atoms with Crippen molar-refractivity contribution in [2.75, 3.05) is 13.2 Å². The molecule has 0 aliphatic heterocycles. The van der Waals surface area contributed by atoms with E-state index in [2.05, 4.69) is 22.0 Å². The first-order valence-corrected chi connectivity index (χ1v) is 8.51. The van der Waals surface area contributed by atoms with Crippen LogP contribution in [0.25, 0.3) is 5.69 Å². The molecule has 1 heterocycles. The fourth-order valence-electron chi connectivity index (χ4n) is 3.19. The molecular formula is C19H22N2O2. The van der Waals surface area contributed by atoms with Gasteiger partial charge in [0.1, 0.15) is 12.4 Å². The highest BCUT2D eigenvalue weighted by atomic mass is 16.5. The number of ether oxygens (including phenoxy) is 1. The molecule has 1 aromatic heterocycles. The lowest BCUT2D eigenvalue weighted by atomic mass is 9.97. The quantitative estimate of drug-likeness (QED) is 0.834. The normalized spacial score (nSPS) is 17.1. The van der Waals surface area contributed by atoms with Crippen LogP contribution >= 0.6 is 0 Å². The minimum absolute atomic E-state index is 0.271. The summed E-state index contributed by atoms with van der Waals surface area (Å²) in [5.41, 5.74) is 3.12. The maximum absolute atomic E-state index is 11.9. The van der Waals surface area contributed by atoms with Gasteiger partial charge >= 0.3 is 0 Å². The summed E-state index contributed by atoms with van der Waals surface area (Å²) < 4.78 is 7.89. The van der Waals surface area contributed by atoms with Crippen molar-refractivity contribution in [2.45, 2.75) is 38.1 Å². The monoisotopic (exact) mass is 310 g/mol. The van der Waals surface area contributed by atoms with Crippen molar-refractivity contribution in [3.05, 3.63) is 47.8 Å². The van der Waals surface area contributed by atoms with Gasteiger partial charge in [-0.25, -0.2) is 0 Å². The first kappa shape index (κ1) is 14.5. The molecule has 0 atom stereocenters. The highest BCUT2D eigenvalue weighted by Gasteiger charge is 2.21. The Morgan fingerprint density at radius 1 is 1.13 bits per heavy atom. The average molecular weight is 310 g/mol. The summed E-state index contributed by atoms with van der Waals surface area (Å²) in [6, 6.07) is 10.8. The van der Waals surface area contributed by atoms with Gasteiger partial charge < -0.3 is 14.6 Å². The molecule has 0 spiro atoms. The van der Waals surface area contributed by atoms with Crippen LogP contribution < -0.4 is 10.1 Å². The first-order chi connectivity index (χ1) is 11.3. The van der Waals surface area contributed by atoms with E-state index in [0.717, 1.165) is 48.1 Å². The summed E-state index contributed by atoms with van der Waals surface area (Å²) in [4.78, 5) is 11.9. The lowest BCUT2D eigenvalue weighted by Crippen LogP contribution is -2.22. The van der Waals surface area contributed by atoms with Crippen LogP contribution in [0.5, 0.6) is 5.75 Å². The van der Waals surface area contributed by atoms with E-state index in [1.807, 2.05) is 24.4 Å². The van der Waals surface area contributed by atoms with Gasteiger partial charge in [-0.05, 0) is 56.0 Å². The summed E-state index contributed by atoms with van der Waals surface area (Å²) in [5, 5.41) is 3.44. The van der Waals surface area contributed by atoms with Gasteiger partial charge in [0.2, 0.25) is 0 Å².